The lowest BCUT2D eigenvalue weighted by Gasteiger charge is -2.50. The van der Waals surface area contributed by atoms with E-state index in [1.807, 2.05) is 11.8 Å². The number of hydrogen-bond donors (Lipinski definition) is 0. The first-order valence-corrected chi connectivity index (χ1v) is 8.74. The summed E-state index contributed by atoms with van der Waals surface area (Å²) in [6.07, 6.45) is 1.69. The van der Waals surface area contributed by atoms with Crippen molar-refractivity contribution in [1.29, 1.82) is 0 Å². The smallest absolute Gasteiger partial charge is 0.251 e. The Morgan fingerprint density at radius 2 is 1.87 bits per heavy atom. The van der Waals surface area contributed by atoms with Gasteiger partial charge in [0.25, 0.3) is 5.91 Å². The lowest BCUT2D eigenvalue weighted by atomic mass is 9.87. The number of likely N-dealkylation sites (tertiary alicyclic amines) is 1. The van der Waals surface area contributed by atoms with E-state index in [1.54, 1.807) is 0 Å². The molecule has 0 aliphatic carbocycles. The number of benzene rings is 1. The van der Waals surface area contributed by atoms with E-state index in [1.165, 1.54) is 5.56 Å². The van der Waals surface area contributed by atoms with Gasteiger partial charge in [-0.2, -0.15) is 0 Å². The van der Waals surface area contributed by atoms with Crippen LogP contribution in [0.5, 0.6) is 0 Å². The Bertz CT molecular complexity index is 536. The summed E-state index contributed by atoms with van der Waals surface area (Å²) < 4.78 is 6.19. The predicted octanol–water partition coefficient (Wildman–Crippen LogP) is 2.68. The van der Waals surface area contributed by atoms with Gasteiger partial charge in [0.05, 0.1) is 12.1 Å². The lowest BCUT2D eigenvalue weighted by Crippen LogP contribution is -2.62. The Kier molecular flexibility index (Phi) is 4.74. The average Bonchev–Trinajstić information content (AvgIpc) is 2.54. The fourth-order valence-corrected chi connectivity index (χ4v) is 3.76. The Balaban J connectivity index is 1.62. The van der Waals surface area contributed by atoms with E-state index in [4.69, 9.17) is 4.74 Å². The van der Waals surface area contributed by atoms with Crippen LogP contribution in [0.15, 0.2) is 30.3 Å². The number of rotatable bonds is 3. The third kappa shape index (κ3) is 3.59. The minimum Gasteiger partial charge on any atom is -0.360 e. The van der Waals surface area contributed by atoms with Crippen LogP contribution in [0.3, 0.4) is 0 Å². The highest BCUT2D eigenvalue weighted by molar-refractivity contribution is 5.81. The summed E-state index contributed by atoms with van der Waals surface area (Å²) in [5, 5.41) is 0. The molecule has 1 spiro atoms. The third-order valence-electron chi connectivity index (χ3n) is 5.16. The Labute approximate surface area is 139 Å². The van der Waals surface area contributed by atoms with Gasteiger partial charge in [-0.1, -0.05) is 30.3 Å². The van der Waals surface area contributed by atoms with Crippen LogP contribution < -0.4 is 0 Å². The van der Waals surface area contributed by atoms with Gasteiger partial charge >= 0.3 is 0 Å². The quantitative estimate of drug-likeness (QED) is 0.859. The molecular weight excluding hydrogens is 288 g/mol. The number of hydrogen-bond acceptors (Lipinski definition) is 3. The maximum atomic E-state index is 12.3. The number of amides is 1. The van der Waals surface area contributed by atoms with E-state index < -0.39 is 0 Å². The first-order chi connectivity index (χ1) is 11.0. The van der Waals surface area contributed by atoms with Crippen LogP contribution in [0.1, 0.15) is 39.2 Å². The van der Waals surface area contributed by atoms with Crippen LogP contribution in [0.2, 0.25) is 0 Å². The number of carbonyl (C=O) groups is 1. The van der Waals surface area contributed by atoms with Gasteiger partial charge in [-0.3, -0.25) is 9.69 Å². The van der Waals surface area contributed by atoms with Crippen molar-refractivity contribution < 1.29 is 9.53 Å². The van der Waals surface area contributed by atoms with Crippen molar-refractivity contribution in [3.63, 3.8) is 0 Å². The Morgan fingerprint density at radius 3 is 2.48 bits per heavy atom. The summed E-state index contributed by atoms with van der Waals surface area (Å²) in [6.45, 7) is 9.88. The zero-order valence-corrected chi connectivity index (χ0v) is 14.5. The molecule has 0 aromatic heterocycles. The average molecular weight is 316 g/mol. The molecule has 2 fully saturated rings. The molecule has 126 valence electrons. The summed E-state index contributed by atoms with van der Waals surface area (Å²) in [6, 6.07) is 10.9. The van der Waals surface area contributed by atoms with Crippen LogP contribution in [-0.2, 0) is 16.1 Å². The summed E-state index contributed by atoms with van der Waals surface area (Å²) >= 11 is 0. The van der Waals surface area contributed by atoms with Crippen LogP contribution >= 0.6 is 0 Å². The maximum Gasteiger partial charge on any atom is 0.251 e. The number of piperidine rings is 1. The molecule has 1 aromatic carbocycles. The minimum atomic E-state index is -0.313. The van der Waals surface area contributed by atoms with Crippen LogP contribution in [-0.4, -0.2) is 53.1 Å². The fourth-order valence-electron chi connectivity index (χ4n) is 3.76. The molecule has 2 aliphatic heterocycles. The Morgan fingerprint density at radius 1 is 1.22 bits per heavy atom. The molecular formula is C19H28N2O2. The van der Waals surface area contributed by atoms with E-state index >= 15 is 0 Å². The molecule has 4 nitrogen and oxygen atoms in total. The molecule has 1 aromatic rings. The molecule has 2 aliphatic rings. The minimum absolute atomic E-state index is 0.136. The zero-order valence-electron chi connectivity index (χ0n) is 14.5. The zero-order chi connectivity index (χ0) is 16.4. The van der Waals surface area contributed by atoms with Gasteiger partial charge in [0.15, 0.2) is 0 Å². The molecule has 1 unspecified atom stereocenters. The summed E-state index contributed by atoms with van der Waals surface area (Å²) in [5.41, 5.74) is 1.21. The van der Waals surface area contributed by atoms with Gasteiger partial charge in [-0.25, -0.2) is 0 Å². The molecule has 0 N–H and O–H groups in total. The largest absolute Gasteiger partial charge is 0.360 e. The van der Waals surface area contributed by atoms with E-state index in [-0.39, 0.29) is 23.7 Å². The van der Waals surface area contributed by atoms with E-state index in [0.717, 1.165) is 39.0 Å². The monoisotopic (exact) mass is 316 g/mol. The van der Waals surface area contributed by atoms with Crippen LogP contribution in [0.25, 0.3) is 0 Å². The van der Waals surface area contributed by atoms with Crippen molar-refractivity contribution in [3.05, 3.63) is 35.9 Å². The number of morpholine rings is 1. The molecule has 4 heteroatoms. The number of ether oxygens (including phenoxy) is 1. The first kappa shape index (κ1) is 16.5. The number of carbonyl (C=O) groups excluding carboxylic acids is 1. The van der Waals surface area contributed by atoms with Crippen molar-refractivity contribution in [2.75, 3.05) is 19.6 Å². The van der Waals surface area contributed by atoms with E-state index in [9.17, 15) is 4.79 Å². The van der Waals surface area contributed by atoms with Crippen molar-refractivity contribution in [2.24, 2.45) is 0 Å². The summed E-state index contributed by atoms with van der Waals surface area (Å²) in [5.74, 6) is 0.136. The highest BCUT2D eigenvalue weighted by Gasteiger charge is 2.45. The molecule has 1 amide bonds. The van der Waals surface area contributed by atoms with Crippen molar-refractivity contribution in [3.8, 4) is 0 Å². The molecule has 0 bridgehead atoms. The van der Waals surface area contributed by atoms with Gasteiger partial charge in [-0.05, 0) is 39.2 Å². The first-order valence-electron chi connectivity index (χ1n) is 8.74. The van der Waals surface area contributed by atoms with Crippen molar-refractivity contribution in [2.45, 2.75) is 57.9 Å². The number of nitrogens with zero attached hydrogens (tertiary/aromatic N) is 2. The van der Waals surface area contributed by atoms with E-state index in [0.29, 0.717) is 0 Å². The summed E-state index contributed by atoms with van der Waals surface area (Å²) in [4.78, 5) is 16.8. The highest BCUT2D eigenvalue weighted by Crippen LogP contribution is 2.34. The second kappa shape index (κ2) is 6.62. The molecule has 0 radical (unpaired) electrons. The third-order valence-corrected chi connectivity index (χ3v) is 5.16. The highest BCUT2D eigenvalue weighted by atomic mass is 16.5. The Hall–Kier alpha value is -1.39. The van der Waals surface area contributed by atoms with Crippen molar-refractivity contribution in [1.82, 2.24) is 9.80 Å². The topological polar surface area (TPSA) is 32.8 Å². The fraction of sp³-hybridized carbons (Fsp3) is 0.632. The second-order valence-corrected chi connectivity index (χ2v) is 7.26. The molecule has 23 heavy (non-hydrogen) atoms. The van der Waals surface area contributed by atoms with Gasteiger partial charge in [0.1, 0.15) is 6.10 Å². The van der Waals surface area contributed by atoms with Crippen molar-refractivity contribution >= 4 is 5.91 Å². The SMILES string of the molecule is CC1OC2(CCN(Cc3ccccc3)CC2)CN(C(C)C)C1=O. The van der Waals surface area contributed by atoms with Gasteiger partial charge < -0.3 is 9.64 Å². The molecule has 1 atom stereocenters. The molecule has 3 rings (SSSR count). The standard InChI is InChI=1S/C19H28N2O2/c1-15(2)21-14-19(23-16(3)18(21)22)9-11-20(12-10-19)13-17-7-5-4-6-8-17/h4-8,15-16H,9-14H2,1-3H3. The lowest BCUT2D eigenvalue weighted by molar-refractivity contribution is -0.193. The predicted molar refractivity (Wildman–Crippen MR) is 91.1 cm³/mol. The summed E-state index contributed by atoms with van der Waals surface area (Å²) in [7, 11) is 0. The van der Waals surface area contributed by atoms with Crippen LogP contribution in [0, 0.1) is 0 Å². The molecule has 2 heterocycles. The molecule has 2 saturated heterocycles. The van der Waals surface area contributed by atoms with Gasteiger partial charge in [0.2, 0.25) is 0 Å². The van der Waals surface area contributed by atoms with Gasteiger partial charge in [0, 0.05) is 25.7 Å². The molecule has 0 saturated carbocycles. The second-order valence-electron chi connectivity index (χ2n) is 7.26. The van der Waals surface area contributed by atoms with Crippen LogP contribution in [0.4, 0.5) is 0 Å². The van der Waals surface area contributed by atoms with Gasteiger partial charge in [-0.15, -0.1) is 0 Å². The normalized spacial score (nSPS) is 25.3. The maximum absolute atomic E-state index is 12.3. The van der Waals surface area contributed by atoms with E-state index in [2.05, 4.69) is 49.1 Å².